The average Bonchev–Trinajstić information content (AvgIpc) is 2.55. The standard InChI is InChI=1S/C9H13NO4/c1-9(2)13-7-5(3-10)6(4-11)12-8(7)14-9/h5-8,11H,4H2,1-2H3. The van der Waals surface area contributed by atoms with Crippen LogP contribution in [-0.4, -0.2) is 36.0 Å². The van der Waals surface area contributed by atoms with Crippen LogP contribution >= 0.6 is 0 Å². The van der Waals surface area contributed by atoms with Gasteiger partial charge >= 0.3 is 0 Å². The molecule has 2 rings (SSSR count). The van der Waals surface area contributed by atoms with E-state index in [1.54, 1.807) is 13.8 Å². The molecular formula is C9H13NO4. The van der Waals surface area contributed by atoms with E-state index in [0.29, 0.717) is 0 Å². The molecule has 2 aliphatic heterocycles. The topological polar surface area (TPSA) is 71.7 Å². The summed E-state index contributed by atoms with van der Waals surface area (Å²) in [6, 6.07) is 2.08. The molecule has 78 valence electrons. The lowest BCUT2D eigenvalue weighted by Gasteiger charge is -2.21. The van der Waals surface area contributed by atoms with Crippen LogP contribution in [0.5, 0.6) is 0 Å². The first-order valence-corrected chi connectivity index (χ1v) is 4.59. The lowest BCUT2D eigenvalue weighted by atomic mass is 10.0. The number of rotatable bonds is 1. The van der Waals surface area contributed by atoms with Crippen molar-refractivity contribution in [3.63, 3.8) is 0 Å². The lowest BCUT2D eigenvalue weighted by molar-refractivity contribution is -0.211. The van der Waals surface area contributed by atoms with E-state index in [0.717, 1.165) is 0 Å². The van der Waals surface area contributed by atoms with Gasteiger partial charge in [-0.1, -0.05) is 0 Å². The Balaban J connectivity index is 2.14. The van der Waals surface area contributed by atoms with E-state index in [4.69, 9.17) is 24.6 Å². The first-order chi connectivity index (χ1) is 6.57. The number of aliphatic hydroxyl groups is 1. The average molecular weight is 199 g/mol. The quantitative estimate of drug-likeness (QED) is 0.643. The van der Waals surface area contributed by atoms with Gasteiger partial charge in [0.25, 0.3) is 0 Å². The van der Waals surface area contributed by atoms with Gasteiger partial charge in [0.15, 0.2) is 12.1 Å². The van der Waals surface area contributed by atoms with Crippen LogP contribution in [0.1, 0.15) is 13.8 Å². The maximum Gasteiger partial charge on any atom is 0.189 e. The van der Waals surface area contributed by atoms with Crippen LogP contribution in [0.4, 0.5) is 0 Å². The Morgan fingerprint density at radius 3 is 2.71 bits per heavy atom. The molecule has 0 aromatic heterocycles. The highest BCUT2D eigenvalue weighted by Gasteiger charge is 2.54. The van der Waals surface area contributed by atoms with E-state index in [1.807, 2.05) is 0 Å². The Bertz CT molecular complexity index is 272. The third kappa shape index (κ3) is 1.41. The Morgan fingerprint density at radius 1 is 1.43 bits per heavy atom. The van der Waals surface area contributed by atoms with E-state index in [2.05, 4.69) is 6.07 Å². The van der Waals surface area contributed by atoms with Crippen molar-refractivity contribution in [2.24, 2.45) is 5.92 Å². The van der Waals surface area contributed by atoms with Crippen molar-refractivity contribution in [2.75, 3.05) is 6.61 Å². The fraction of sp³-hybridized carbons (Fsp3) is 0.889. The van der Waals surface area contributed by atoms with Gasteiger partial charge in [-0.2, -0.15) is 5.26 Å². The number of aliphatic hydroxyl groups excluding tert-OH is 1. The van der Waals surface area contributed by atoms with E-state index >= 15 is 0 Å². The highest BCUT2D eigenvalue weighted by molar-refractivity contribution is 5.03. The highest BCUT2D eigenvalue weighted by atomic mass is 16.8. The van der Waals surface area contributed by atoms with Gasteiger partial charge in [-0.3, -0.25) is 0 Å². The van der Waals surface area contributed by atoms with Gasteiger partial charge in [0, 0.05) is 0 Å². The molecule has 5 nitrogen and oxygen atoms in total. The second-order valence-electron chi connectivity index (χ2n) is 3.98. The molecule has 2 fully saturated rings. The molecule has 0 spiro atoms. The van der Waals surface area contributed by atoms with Crippen LogP contribution in [0, 0.1) is 17.2 Å². The summed E-state index contributed by atoms with van der Waals surface area (Å²) >= 11 is 0. The molecule has 4 unspecified atom stereocenters. The molecule has 14 heavy (non-hydrogen) atoms. The molecule has 2 saturated heterocycles. The molecule has 0 amide bonds. The molecule has 0 aromatic rings. The van der Waals surface area contributed by atoms with Crippen LogP contribution in [0.15, 0.2) is 0 Å². The highest BCUT2D eigenvalue weighted by Crippen LogP contribution is 2.40. The minimum absolute atomic E-state index is 0.182. The number of hydrogen-bond donors (Lipinski definition) is 1. The summed E-state index contributed by atoms with van der Waals surface area (Å²) in [7, 11) is 0. The normalized spacial score (nSPS) is 44.7. The van der Waals surface area contributed by atoms with Crippen LogP contribution < -0.4 is 0 Å². The van der Waals surface area contributed by atoms with Crippen LogP contribution in [0.3, 0.4) is 0 Å². The SMILES string of the molecule is CC1(C)OC2OC(CO)C(C#N)C2O1. The van der Waals surface area contributed by atoms with Gasteiger partial charge in [0.2, 0.25) is 0 Å². The van der Waals surface area contributed by atoms with E-state index in [-0.39, 0.29) is 12.7 Å². The number of nitriles is 1. The molecule has 0 bridgehead atoms. The Hall–Kier alpha value is -0.670. The molecule has 1 N–H and O–H groups in total. The van der Waals surface area contributed by atoms with Gasteiger partial charge in [0.1, 0.15) is 18.1 Å². The summed E-state index contributed by atoms with van der Waals surface area (Å²) in [5.41, 5.74) is 0. The smallest absolute Gasteiger partial charge is 0.189 e. The van der Waals surface area contributed by atoms with E-state index in [1.165, 1.54) is 0 Å². The minimum Gasteiger partial charge on any atom is -0.394 e. The number of hydrogen-bond acceptors (Lipinski definition) is 5. The third-order valence-electron chi connectivity index (χ3n) is 2.48. The Kier molecular flexibility index (Phi) is 2.24. The third-order valence-corrected chi connectivity index (χ3v) is 2.48. The molecule has 4 atom stereocenters. The fourth-order valence-electron chi connectivity index (χ4n) is 1.89. The first kappa shape index (κ1) is 9.87. The first-order valence-electron chi connectivity index (χ1n) is 4.59. The Morgan fingerprint density at radius 2 is 2.14 bits per heavy atom. The fourth-order valence-corrected chi connectivity index (χ4v) is 1.89. The second-order valence-corrected chi connectivity index (χ2v) is 3.98. The van der Waals surface area contributed by atoms with Gasteiger partial charge < -0.3 is 19.3 Å². The molecule has 0 aromatic carbocycles. The predicted octanol–water partition coefficient (Wildman–Crippen LogP) is -0.00512. The zero-order valence-corrected chi connectivity index (χ0v) is 8.14. The van der Waals surface area contributed by atoms with Crippen LogP contribution in [-0.2, 0) is 14.2 Å². The van der Waals surface area contributed by atoms with Gasteiger partial charge in [0.05, 0.1) is 12.7 Å². The maximum absolute atomic E-state index is 8.97. The summed E-state index contributed by atoms with van der Waals surface area (Å²) in [6.45, 7) is 3.37. The van der Waals surface area contributed by atoms with Crippen molar-refractivity contribution in [1.29, 1.82) is 5.26 Å². The van der Waals surface area contributed by atoms with Crippen molar-refractivity contribution < 1.29 is 19.3 Å². The lowest BCUT2D eigenvalue weighted by Crippen LogP contribution is -2.30. The van der Waals surface area contributed by atoms with Crippen molar-refractivity contribution in [2.45, 2.75) is 38.1 Å². The zero-order chi connectivity index (χ0) is 10.3. The predicted molar refractivity (Wildman–Crippen MR) is 44.9 cm³/mol. The van der Waals surface area contributed by atoms with Crippen molar-refractivity contribution in [3.05, 3.63) is 0 Å². The molecule has 0 saturated carbocycles. The minimum atomic E-state index is -0.704. The molecule has 0 radical (unpaired) electrons. The monoisotopic (exact) mass is 199 g/mol. The van der Waals surface area contributed by atoms with Crippen molar-refractivity contribution in [1.82, 2.24) is 0 Å². The van der Waals surface area contributed by atoms with E-state index in [9.17, 15) is 0 Å². The zero-order valence-electron chi connectivity index (χ0n) is 8.14. The second kappa shape index (κ2) is 3.17. The molecule has 0 aliphatic carbocycles. The summed E-state index contributed by atoms with van der Waals surface area (Å²) in [6.07, 6.45) is -1.40. The van der Waals surface area contributed by atoms with Gasteiger partial charge in [-0.15, -0.1) is 0 Å². The van der Waals surface area contributed by atoms with Crippen molar-refractivity contribution >= 4 is 0 Å². The Labute approximate surface area is 82.2 Å². The van der Waals surface area contributed by atoms with E-state index < -0.39 is 24.1 Å². The van der Waals surface area contributed by atoms with Crippen LogP contribution in [0.2, 0.25) is 0 Å². The summed E-state index contributed by atoms with van der Waals surface area (Å²) in [4.78, 5) is 0. The number of nitrogens with zero attached hydrogens (tertiary/aromatic N) is 1. The van der Waals surface area contributed by atoms with Crippen LogP contribution in [0.25, 0.3) is 0 Å². The molecule has 2 aliphatic rings. The summed E-state index contributed by atoms with van der Waals surface area (Å²) in [5.74, 6) is -1.16. The largest absolute Gasteiger partial charge is 0.394 e. The van der Waals surface area contributed by atoms with Gasteiger partial charge in [-0.25, -0.2) is 0 Å². The molecule has 5 heteroatoms. The molecular weight excluding hydrogens is 186 g/mol. The van der Waals surface area contributed by atoms with Gasteiger partial charge in [-0.05, 0) is 13.8 Å². The van der Waals surface area contributed by atoms with Crippen molar-refractivity contribution in [3.8, 4) is 6.07 Å². The number of fused-ring (bicyclic) bond motifs is 1. The molecule has 2 heterocycles. The summed E-state index contributed by atoms with van der Waals surface area (Å²) in [5, 5.41) is 17.9. The maximum atomic E-state index is 8.97. The summed E-state index contributed by atoms with van der Waals surface area (Å²) < 4.78 is 16.3. The number of ether oxygens (including phenoxy) is 3.